The summed E-state index contributed by atoms with van der Waals surface area (Å²) in [4.78, 5) is 8.61. The van der Waals surface area contributed by atoms with Gasteiger partial charge in [0.15, 0.2) is 0 Å². The monoisotopic (exact) mass is 418 g/mol. The van der Waals surface area contributed by atoms with Gasteiger partial charge in [0.2, 0.25) is 10.0 Å². The molecule has 0 saturated carbocycles. The molecule has 3 rings (SSSR count). The molecule has 28 heavy (non-hydrogen) atoms. The Balaban J connectivity index is 1.96. The zero-order valence-electron chi connectivity index (χ0n) is 16.5. The Morgan fingerprint density at radius 2 is 2.04 bits per heavy atom. The largest absolute Gasteiger partial charge is 0.327 e. The lowest BCUT2D eigenvalue weighted by atomic mass is 10.3. The molecule has 3 aromatic rings. The summed E-state index contributed by atoms with van der Waals surface area (Å²) in [5.74, 6) is 0.926. The predicted octanol–water partition coefficient (Wildman–Crippen LogP) is 3.56. The Hall–Kier alpha value is -2.00. The van der Waals surface area contributed by atoms with Gasteiger partial charge in [0.05, 0.1) is 22.5 Å². The van der Waals surface area contributed by atoms with Crippen LogP contribution in [0.1, 0.15) is 17.6 Å². The number of imidazole rings is 1. The molecule has 0 fully saturated rings. The molecule has 0 N–H and O–H groups in total. The SMILES string of the molecule is C=CCN(Cc1cccs1)Cc1nc2cc(S(=O)(=O)N(C)C)ccc2n1CC. The Bertz CT molecular complexity index is 1050. The Morgan fingerprint density at radius 3 is 2.64 bits per heavy atom. The van der Waals surface area contributed by atoms with Crippen LogP contribution in [0.3, 0.4) is 0 Å². The fourth-order valence-electron chi connectivity index (χ4n) is 3.19. The highest BCUT2D eigenvalue weighted by Crippen LogP contribution is 2.23. The molecule has 0 atom stereocenters. The van der Waals surface area contributed by atoms with Gasteiger partial charge in [-0.25, -0.2) is 17.7 Å². The third-order valence-corrected chi connectivity index (χ3v) is 7.28. The van der Waals surface area contributed by atoms with E-state index >= 15 is 0 Å². The standard InChI is InChI=1S/C20H26N4O2S2/c1-5-11-23(14-16-8-7-12-27-16)15-20-21-18-13-17(28(25,26)22(3)4)9-10-19(18)24(20)6-2/h5,7-10,12-13H,1,6,11,14-15H2,2-4H3. The zero-order valence-corrected chi connectivity index (χ0v) is 18.1. The Kier molecular flexibility index (Phi) is 6.34. The van der Waals surface area contributed by atoms with Crippen LogP contribution in [0.2, 0.25) is 0 Å². The van der Waals surface area contributed by atoms with Gasteiger partial charge in [-0.05, 0) is 36.6 Å². The van der Waals surface area contributed by atoms with Gasteiger partial charge in [-0.15, -0.1) is 17.9 Å². The second-order valence-electron chi connectivity index (χ2n) is 6.75. The minimum Gasteiger partial charge on any atom is -0.327 e. The van der Waals surface area contributed by atoms with E-state index in [2.05, 4.69) is 40.5 Å². The summed E-state index contributed by atoms with van der Waals surface area (Å²) in [7, 11) is -0.413. The molecular weight excluding hydrogens is 392 g/mol. The van der Waals surface area contributed by atoms with Gasteiger partial charge >= 0.3 is 0 Å². The molecule has 0 amide bonds. The second-order valence-corrected chi connectivity index (χ2v) is 9.93. The summed E-state index contributed by atoms with van der Waals surface area (Å²) in [6.07, 6.45) is 1.90. The number of benzene rings is 1. The van der Waals surface area contributed by atoms with E-state index in [-0.39, 0.29) is 4.90 Å². The first-order valence-electron chi connectivity index (χ1n) is 9.14. The molecule has 2 heterocycles. The maximum absolute atomic E-state index is 12.5. The van der Waals surface area contributed by atoms with Crippen molar-refractivity contribution in [3.63, 3.8) is 0 Å². The van der Waals surface area contributed by atoms with Crippen LogP contribution < -0.4 is 0 Å². The smallest absolute Gasteiger partial charge is 0.242 e. The highest BCUT2D eigenvalue weighted by Gasteiger charge is 2.20. The van der Waals surface area contributed by atoms with Crippen molar-refractivity contribution in [1.29, 1.82) is 0 Å². The molecule has 0 aliphatic rings. The van der Waals surface area contributed by atoms with Crippen LogP contribution in [0.15, 0.2) is 53.3 Å². The van der Waals surface area contributed by atoms with Crippen molar-refractivity contribution in [1.82, 2.24) is 18.8 Å². The first-order chi connectivity index (χ1) is 13.4. The third-order valence-electron chi connectivity index (χ3n) is 4.61. The number of hydrogen-bond donors (Lipinski definition) is 0. The summed E-state index contributed by atoms with van der Waals surface area (Å²) in [6.45, 7) is 8.98. The van der Waals surface area contributed by atoms with E-state index in [1.807, 2.05) is 12.1 Å². The van der Waals surface area contributed by atoms with Gasteiger partial charge in [-0.3, -0.25) is 4.90 Å². The van der Waals surface area contributed by atoms with Crippen molar-refractivity contribution in [3.05, 3.63) is 59.1 Å². The highest BCUT2D eigenvalue weighted by atomic mass is 32.2. The second kappa shape index (κ2) is 8.57. The average Bonchev–Trinajstić information content (AvgIpc) is 3.28. The summed E-state index contributed by atoms with van der Waals surface area (Å²) in [5, 5.41) is 2.08. The van der Waals surface area contributed by atoms with Crippen LogP contribution in [-0.4, -0.2) is 47.8 Å². The van der Waals surface area contributed by atoms with E-state index in [4.69, 9.17) is 4.98 Å². The topological polar surface area (TPSA) is 58.4 Å². The number of hydrogen-bond acceptors (Lipinski definition) is 5. The van der Waals surface area contributed by atoms with Crippen molar-refractivity contribution in [3.8, 4) is 0 Å². The summed E-state index contributed by atoms with van der Waals surface area (Å²) in [5.41, 5.74) is 1.65. The molecule has 2 aromatic heterocycles. The maximum atomic E-state index is 12.5. The van der Waals surface area contributed by atoms with Gasteiger partial charge in [-0.2, -0.15) is 0 Å². The van der Waals surface area contributed by atoms with Gasteiger partial charge in [0.1, 0.15) is 5.82 Å². The summed E-state index contributed by atoms with van der Waals surface area (Å²) in [6, 6.07) is 9.35. The molecule has 0 aliphatic carbocycles. The van der Waals surface area contributed by atoms with E-state index in [9.17, 15) is 8.42 Å². The lowest BCUT2D eigenvalue weighted by Gasteiger charge is -2.20. The third kappa shape index (κ3) is 4.20. The predicted molar refractivity (Wildman–Crippen MR) is 115 cm³/mol. The molecule has 0 radical (unpaired) electrons. The average molecular weight is 419 g/mol. The van der Waals surface area contributed by atoms with Crippen molar-refractivity contribution < 1.29 is 8.42 Å². The number of fused-ring (bicyclic) bond motifs is 1. The minimum absolute atomic E-state index is 0.263. The van der Waals surface area contributed by atoms with Gasteiger partial charge in [0, 0.05) is 38.6 Å². The number of rotatable bonds is 9. The number of thiophene rings is 1. The Labute approximate surface area is 170 Å². The molecule has 0 bridgehead atoms. The van der Waals surface area contributed by atoms with Crippen LogP contribution >= 0.6 is 11.3 Å². The van der Waals surface area contributed by atoms with E-state index in [0.29, 0.717) is 12.1 Å². The number of sulfonamides is 1. The molecule has 0 aliphatic heterocycles. The molecule has 0 spiro atoms. The fourth-order valence-corrected chi connectivity index (χ4v) is 4.86. The van der Waals surface area contributed by atoms with Crippen molar-refractivity contribution in [2.75, 3.05) is 20.6 Å². The fraction of sp³-hybridized carbons (Fsp3) is 0.350. The number of aromatic nitrogens is 2. The lowest BCUT2D eigenvalue weighted by Crippen LogP contribution is -2.24. The Morgan fingerprint density at radius 1 is 1.25 bits per heavy atom. The molecule has 0 unspecified atom stereocenters. The molecule has 8 heteroatoms. The quantitative estimate of drug-likeness (QED) is 0.499. The van der Waals surface area contributed by atoms with E-state index in [0.717, 1.165) is 31.0 Å². The van der Waals surface area contributed by atoms with E-state index in [1.54, 1.807) is 23.5 Å². The van der Waals surface area contributed by atoms with Crippen LogP contribution in [0, 0.1) is 0 Å². The van der Waals surface area contributed by atoms with Crippen LogP contribution in [-0.2, 0) is 29.7 Å². The van der Waals surface area contributed by atoms with Gasteiger partial charge < -0.3 is 4.57 Å². The van der Waals surface area contributed by atoms with Crippen LogP contribution in [0.4, 0.5) is 0 Å². The van der Waals surface area contributed by atoms with Gasteiger partial charge in [0.25, 0.3) is 0 Å². The van der Waals surface area contributed by atoms with Gasteiger partial charge in [-0.1, -0.05) is 12.1 Å². The van der Waals surface area contributed by atoms with Crippen LogP contribution in [0.5, 0.6) is 0 Å². The number of nitrogens with zero attached hydrogens (tertiary/aromatic N) is 4. The number of aryl methyl sites for hydroxylation is 1. The molecule has 0 saturated heterocycles. The van der Waals surface area contributed by atoms with Crippen LogP contribution in [0.25, 0.3) is 11.0 Å². The molecule has 6 nitrogen and oxygen atoms in total. The molecule has 1 aromatic carbocycles. The van der Waals surface area contributed by atoms with Crippen molar-refractivity contribution in [2.24, 2.45) is 0 Å². The van der Waals surface area contributed by atoms with Crippen molar-refractivity contribution >= 4 is 32.4 Å². The van der Waals surface area contributed by atoms with Crippen molar-refractivity contribution in [2.45, 2.75) is 31.5 Å². The van der Waals surface area contributed by atoms with E-state index in [1.165, 1.54) is 23.3 Å². The van der Waals surface area contributed by atoms with E-state index < -0.39 is 10.0 Å². The first kappa shape index (κ1) is 20.7. The highest BCUT2D eigenvalue weighted by molar-refractivity contribution is 7.89. The molecule has 150 valence electrons. The maximum Gasteiger partial charge on any atom is 0.242 e. The summed E-state index contributed by atoms with van der Waals surface area (Å²) < 4.78 is 28.3. The minimum atomic E-state index is -3.48. The summed E-state index contributed by atoms with van der Waals surface area (Å²) >= 11 is 1.74. The molecular formula is C20H26N4O2S2. The zero-order chi connectivity index (χ0) is 20.3. The lowest BCUT2D eigenvalue weighted by molar-refractivity contribution is 0.277. The normalized spacial score (nSPS) is 12.3. The first-order valence-corrected chi connectivity index (χ1v) is 11.5.